The van der Waals surface area contributed by atoms with Crippen molar-refractivity contribution < 1.29 is 9.53 Å². The zero-order valence-electron chi connectivity index (χ0n) is 18.7. The van der Waals surface area contributed by atoms with Crippen LogP contribution < -0.4 is 0 Å². The van der Waals surface area contributed by atoms with E-state index in [1.807, 2.05) is 13.8 Å². The quantitative estimate of drug-likeness (QED) is 0.349. The maximum atomic E-state index is 13.1. The Balaban J connectivity index is 1.42. The SMILES string of the molecule is Cc1ccc2cc3ccc(C(C)(C)OC(=O)C4CC5CC4C(C)C5C)cc3cc2c1. The number of fused-ring (bicyclic) bond motifs is 4. The van der Waals surface area contributed by atoms with E-state index >= 15 is 0 Å². The summed E-state index contributed by atoms with van der Waals surface area (Å²) >= 11 is 0. The van der Waals surface area contributed by atoms with Crippen LogP contribution >= 0.6 is 0 Å². The normalized spacial score (nSPS) is 28.4. The number of benzene rings is 3. The third kappa shape index (κ3) is 3.12. The van der Waals surface area contributed by atoms with E-state index < -0.39 is 5.60 Å². The van der Waals surface area contributed by atoms with E-state index in [0.29, 0.717) is 17.8 Å². The minimum absolute atomic E-state index is 0.000447. The topological polar surface area (TPSA) is 26.3 Å². The van der Waals surface area contributed by atoms with Crippen LogP contribution in [0.5, 0.6) is 0 Å². The van der Waals surface area contributed by atoms with Gasteiger partial charge in [-0.1, -0.05) is 49.7 Å². The number of aryl methyl sites for hydroxylation is 1. The molecule has 5 unspecified atom stereocenters. The van der Waals surface area contributed by atoms with Crippen molar-refractivity contribution in [1.29, 1.82) is 0 Å². The van der Waals surface area contributed by atoms with Gasteiger partial charge in [0.25, 0.3) is 0 Å². The lowest BCUT2D eigenvalue weighted by Gasteiger charge is -2.33. The summed E-state index contributed by atoms with van der Waals surface area (Å²) < 4.78 is 6.16. The van der Waals surface area contributed by atoms with E-state index in [1.54, 1.807) is 0 Å². The third-order valence-corrected chi connectivity index (χ3v) is 8.20. The summed E-state index contributed by atoms with van der Waals surface area (Å²) in [6, 6.07) is 17.5. The van der Waals surface area contributed by atoms with Crippen LogP contribution in [0.4, 0.5) is 0 Å². The Kier molecular flexibility index (Phi) is 4.47. The van der Waals surface area contributed by atoms with Crippen LogP contribution in [-0.2, 0) is 15.1 Å². The first-order chi connectivity index (χ1) is 14.2. The molecule has 30 heavy (non-hydrogen) atoms. The second-order valence-corrected chi connectivity index (χ2v) is 10.4. The monoisotopic (exact) mass is 400 g/mol. The number of hydrogen-bond acceptors (Lipinski definition) is 2. The van der Waals surface area contributed by atoms with Gasteiger partial charge < -0.3 is 4.74 Å². The average Bonchev–Trinajstić information content (AvgIpc) is 3.26. The summed E-state index contributed by atoms with van der Waals surface area (Å²) in [5, 5.41) is 4.91. The van der Waals surface area contributed by atoms with Crippen molar-refractivity contribution in [3.05, 3.63) is 59.7 Å². The summed E-state index contributed by atoms with van der Waals surface area (Å²) in [6.45, 7) is 10.8. The van der Waals surface area contributed by atoms with Crippen molar-refractivity contribution in [2.24, 2.45) is 29.6 Å². The summed E-state index contributed by atoms with van der Waals surface area (Å²) in [6.07, 6.45) is 2.21. The zero-order valence-corrected chi connectivity index (χ0v) is 18.7. The number of carbonyl (C=O) groups excluding carboxylic acids is 1. The van der Waals surface area contributed by atoms with E-state index in [-0.39, 0.29) is 11.9 Å². The first-order valence-electron chi connectivity index (χ1n) is 11.4. The second kappa shape index (κ2) is 6.83. The first-order valence-corrected chi connectivity index (χ1v) is 11.4. The van der Waals surface area contributed by atoms with Gasteiger partial charge in [-0.2, -0.15) is 0 Å². The van der Waals surface area contributed by atoms with Crippen LogP contribution in [0.2, 0.25) is 0 Å². The predicted octanol–water partition coefficient (Wildman–Crippen LogP) is 7.01. The first kappa shape index (κ1) is 19.6. The van der Waals surface area contributed by atoms with Crippen LogP contribution in [-0.4, -0.2) is 5.97 Å². The molecule has 5 rings (SSSR count). The number of rotatable bonds is 3. The molecule has 3 aromatic carbocycles. The molecule has 2 nitrogen and oxygen atoms in total. The van der Waals surface area contributed by atoms with Crippen LogP contribution in [0.3, 0.4) is 0 Å². The molecule has 0 aromatic heterocycles. The summed E-state index contributed by atoms with van der Waals surface area (Å²) in [4.78, 5) is 13.1. The minimum Gasteiger partial charge on any atom is -0.455 e. The molecular weight excluding hydrogens is 368 g/mol. The van der Waals surface area contributed by atoms with Crippen LogP contribution in [0.1, 0.15) is 51.7 Å². The molecule has 2 bridgehead atoms. The van der Waals surface area contributed by atoms with E-state index in [4.69, 9.17) is 4.74 Å². The van der Waals surface area contributed by atoms with Crippen molar-refractivity contribution in [1.82, 2.24) is 0 Å². The maximum Gasteiger partial charge on any atom is 0.310 e. The Labute approximate surface area is 179 Å². The number of carbonyl (C=O) groups is 1. The standard InChI is InChI=1S/C28H32O2/c1-16-6-7-19-11-20-8-9-24(13-23(20)12-22(19)10-16)28(4,5)30-27(29)26-15-21-14-25(26)18(3)17(21)2/h6-13,17-18,21,25-26H,14-15H2,1-5H3. The number of esters is 1. The molecule has 2 saturated carbocycles. The van der Waals surface area contributed by atoms with Crippen molar-refractivity contribution in [2.45, 2.75) is 53.1 Å². The highest BCUT2D eigenvalue weighted by Crippen LogP contribution is 2.55. The Morgan fingerprint density at radius 3 is 2.23 bits per heavy atom. The maximum absolute atomic E-state index is 13.1. The lowest BCUT2D eigenvalue weighted by Crippen LogP contribution is -2.35. The van der Waals surface area contributed by atoms with Gasteiger partial charge in [0.05, 0.1) is 5.92 Å². The fraction of sp³-hybridized carbons (Fsp3) is 0.464. The zero-order chi connectivity index (χ0) is 21.2. The molecule has 0 saturated heterocycles. The molecule has 156 valence electrons. The highest BCUT2D eigenvalue weighted by molar-refractivity contribution is 5.98. The second-order valence-electron chi connectivity index (χ2n) is 10.4. The molecular formula is C28H32O2. The Bertz CT molecular complexity index is 1140. The molecule has 2 heteroatoms. The van der Waals surface area contributed by atoms with Crippen LogP contribution in [0.25, 0.3) is 21.5 Å². The van der Waals surface area contributed by atoms with Gasteiger partial charge in [-0.3, -0.25) is 4.79 Å². The van der Waals surface area contributed by atoms with E-state index in [9.17, 15) is 4.79 Å². The smallest absolute Gasteiger partial charge is 0.310 e. The Morgan fingerprint density at radius 2 is 1.53 bits per heavy atom. The lowest BCUT2D eigenvalue weighted by molar-refractivity contribution is -0.165. The molecule has 0 heterocycles. The van der Waals surface area contributed by atoms with Gasteiger partial charge >= 0.3 is 5.97 Å². The largest absolute Gasteiger partial charge is 0.455 e. The fourth-order valence-corrected chi connectivity index (χ4v) is 6.09. The molecule has 0 aliphatic heterocycles. The van der Waals surface area contributed by atoms with Gasteiger partial charge in [-0.25, -0.2) is 0 Å². The van der Waals surface area contributed by atoms with Crippen molar-refractivity contribution >= 4 is 27.5 Å². The third-order valence-electron chi connectivity index (χ3n) is 8.20. The lowest BCUT2D eigenvalue weighted by atomic mass is 9.75. The van der Waals surface area contributed by atoms with Gasteiger partial charge in [0.1, 0.15) is 5.60 Å². The van der Waals surface area contributed by atoms with E-state index in [0.717, 1.165) is 17.9 Å². The van der Waals surface area contributed by atoms with Crippen molar-refractivity contribution in [3.8, 4) is 0 Å². The van der Waals surface area contributed by atoms with Gasteiger partial charge in [-0.15, -0.1) is 0 Å². The molecule has 0 spiro atoms. The Morgan fingerprint density at radius 1 is 0.867 bits per heavy atom. The predicted molar refractivity (Wildman–Crippen MR) is 123 cm³/mol. The summed E-state index contributed by atoms with van der Waals surface area (Å²) in [7, 11) is 0. The molecule has 2 aliphatic rings. The summed E-state index contributed by atoms with van der Waals surface area (Å²) in [5.41, 5.74) is 1.69. The molecule has 5 atom stereocenters. The molecule has 0 radical (unpaired) electrons. The molecule has 0 amide bonds. The van der Waals surface area contributed by atoms with Gasteiger partial charge in [0.2, 0.25) is 0 Å². The highest BCUT2D eigenvalue weighted by Gasteiger charge is 2.52. The molecule has 2 aliphatic carbocycles. The van der Waals surface area contributed by atoms with Gasteiger partial charge in [0, 0.05) is 0 Å². The van der Waals surface area contributed by atoms with Crippen molar-refractivity contribution in [3.63, 3.8) is 0 Å². The van der Waals surface area contributed by atoms with Gasteiger partial charge in [-0.05, 0) is 103 Å². The molecule has 3 aromatic rings. The van der Waals surface area contributed by atoms with Crippen molar-refractivity contribution in [2.75, 3.05) is 0 Å². The number of hydrogen-bond donors (Lipinski definition) is 0. The average molecular weight is 401 g/mol. The highest BCUT2D eigenvalue weighted by atomic mass is 16.6. The summed E-state index contributed by atoms with van der Waals surface area (Å²) in [5.74, 6) is 2.64. The Hall–Kier alpha value is -2.35. The minimum atomic E-state index is -0.635. The molecule has 0 N–H and O–H groups in total. The number of ether oxygens (including phenoxy) is 1. The van der Waals surface area contributed by atoms with Gasteiger partial charge in [0.15, 0.2) is 0 Å². The fourth-order valence-electron chi connectivity index (χ4n) is 6.09. The van der Waals surface area contributed by atoms with E-state index in [1.165, 1.54) is 33.5 Å². The van der Waals surface area contributed by atoms with Crippen LogP contribution in [0, 0.1) is 36.5 Å². The van der Waals surface area contributed by atoms with E-state index in [2.05, 4.69) is 69.3 Å². The molecule has 2 fully saturated rings. The van der Waals surface area contributed by atoms with Crippen LogP contribution in [0.15, 0.2) is 48.5 Å².